The Morgan fingerprint density at radius 1 is 1.10 bits per heavy atom. The van der Waals surface area contributed by atoms with E-state index in [1.54, 1.807) is 0 Å². The fourth-order valence-electron chi connectivity index (χ4n) is 3.54. The average Bonchev–Trinajstić information content (AvgIpc) is 3.09. The van der Waals surface area contributed by atoms with Crippen LogP contribution in [0.3, 0.4) is 0 Å². The van der Waals surface area contributed by atoms with Gasteiger partial charge in [-0.1, -0.05) is 53.6 Å². The summed E-state index contributed by atoms with van der Waals surface area (Å²) in [6, 6.07) is 14.6. The summed E-state index contributed by atoms with van der Waals surface area (Å²) in [6.07, 6.45) is -0.839. The number of benzene rings is 2. The van der Waals surface area contributed by atoms with Gasteiger partial charge in [0.25, 0.3) is 0 Å². The van der Waals surface area contributed by atoms with Crippen LogP contribution in [0.2, 0.25) is 0 Å². The normalized spacial score (nSPS) is 12.6. The maximum absolute atomic E-state index is 12.1. The molecule has 1 atom stereocenters. The smallest absolute Gasteiger partial charge is 0.407 e. The zero-order valence-electron chi connectivity index (χ0n) is 16.5. The molecule has 3 rings (SSSR count). The molecule has 10 heteroatoms. The molecule has 2 amide bonds. The second-order valence-corrected chi connectivity index (χ2v) is 6.88. The van der Waals surface area contributed by atoms with Crippen molar-refractivity contribution in [3.8, 4) is 11.1 Å². The highest BCUT2D eigenvalue weighted by atomic mass is 16.5. The number of carboxylic acid groups (broad SMARTS) is 1. The van der Waals surface area contributed by atoms with Gasteiger partial charge in [0.2, 0.25) is 5.91 Å². The van der Waals surface area contributed by atoms with E-state index >= 15 is 0 Å². The highest BCUT2D eigenvalue weighted by molar-refractivity contribution is 5.86. The minimum Gasteiger partial charge on any atom is -0.480 e. The summed E-state index contributed by atoms with van der Waals surface area (Å²) >= 11 is 0. The second kappa shape index (κ2) is 10.1. The number of rotatable bonds is 9. The maximum Gasteiger partial charge on any atom is 0.407 e. The van der Waals surface area contributed by atoms with Crippen molar-refractivity contribution in [1.29, 1.82) is 0 Å². The lowest BCUT2D eigenvalue weighted by Gasteiger charge is -2.15. The van der Waals surface area contributed by atoms with Crippen LogP contribution in [0.1, 0.15) is 23.5 Å². The first-order valence-electron chi connectivity index (χ1n) is 9.63. The molecule has 0 spiro atoms. The van der Waals surface area contributed by atoms with Gasteiger partial charge in [0.15, 0.2) is 0 Å². The number of ether oxygens (including phenoxy) is 1. The van der Waals surface area contributed by atoms with Crippen LogP contribution in [0.5, 0.6) is 0 Å². The molecule has 3 N–H and O–H groups in total. The maximum atomic E-state index is 12.1. The van der Waals surface area contributed by atoms with Gasteiger partial charge in [0.05, 0.1) is 0 Å². The molecule has 0 unspecified atom stereocenters. The summed E-state index contributed by atoms with van der Waals surface area (Å²) in [4.78, 5) is 37.7. The Labute approximate surface area is 177 Å². The monoisotopic (exact) mass is 423 g/mol. The van der Waals surface area contributed by atoms with E-state index in [1.165, 1.54) is 0 Å². The van der Waals surface area contributed by atoms with E-state index in [2.05, 4.69) is 20.7 Å². The third kappa shape index (κ3) is 5.31. The summed E-state index contributed by atoms with van der Waals surface area (Å²) in [7, 11) is 0. The number of carboxylic acids is 1. The summed E-state index contributed by atoms with van der Waals surface area (Å²) in [5, 5.41) is 16.9. The predicted molar refractivity (Wildman–Crippen MR) is 111 cm³/mol. The van der Waals surface area contributed by atoms with Gasteiger partial charge in [-0.25, -0.2) is 9.59 Å². The van der Waals surface area contributed by atoms with Crippen molar-refractivity contribution in [2.24, 2.45) is 5.11 Å². The molecule has 0 aromatic heterocycles. The zero-order chi connectivity index (χ0) is 22.2. The topological polar surface area (TPSA) is 153 Å². The SMILES string of the molecule is [N-]=[N+]=NCC[C@H](NC(=O)CNC(=O)OCC1c2ccccc2-c2ccccc21)C(=O)O. The third-order valence-electron chi connectivity index (χ3n) is 4.95. The van der Waals surface area contributed by atoms with Gasteiger partial charge < -0.3 is 20.5 Å². The molecular weight excluding hydrogens is 402 g/mol. The van der Waals surface area contributed by atoms with Crippen molar-refractivity contribution in [2.45, 2.75) is 18.4 Å². The van der Waals surface area contributed by atoms with Crippen molar-refractivity contribution < 1.29 is 24.2 Å². The summed E-state index contributed by atoms with van der Waals surface area (Å²) in [5.74, 6) is -2.06. The Hall–Kier alpha value is -4.04. The number of aliphatic carboxylic acids is 1. The molecule has 1 aliphatic carbocycles. The first-order valence-corrected chi connectivity index (χ1v) is 9.63. The second-order valence-electron chi connectivity index (χ2n) is 6.88. The number of carbonyl (C=O) groups is 3. The standard InChI is InChI=1S/C21H21N5O5/c22-26-24-10-9-18(20(28)29)25-19(27)11-23-21(30)31-12-17-15-7-3-1-5-13(15)14-6-2-4-8-16(14)17/h1-8,17-18H,9-12H2,(H,23,30)(H,25,27)(H,28,29)/t18-/m0/s1. The molecule has 0 saturated heterocycles. The number of azide groups is 1. The minimum absolute atomic E-state index is 0.0594. The number of alkyl carbamates (subject to hydrolysis) is 1. The van der Waals surface area contributed by atoms with E-state index in [0.717, 1.165) is 22.3 Å². The number of amides is 2. The molecule has 0 bridgehead atoms. The Balaban J connectivity index is 1.51. The predicted octanol–water partition coefficient (Wildman–Crippen LogP) is 2.79. The lowest BCUT2D eigenvalue weighted by molar-refractivity contribution is -0.141. The van der Waals surface area contributed by atoms with Gasteiger partial charge >= 0.3 is 12.1 Å². The number of carbonyl (C=O) groups excluding carboxylic acids is 2. The summed E-state index contributed by atoms with van der Waals surface area (Å²) in [6.45, 7) is -0.416. The van der Waals surface area contributed by atoms with Gasteiger partial charge in [-0.3, -0.25) is 4.79 Å². The molecule has 0 saturated carbocycles. The lowest BCUT2D eigenvalue weighted by atomic mass is 9.98. The number of hydrogen-bond donors (Lipinski definition) is 3. The molecule has 2 aromatic carbocycles. The van der Waals surface area contributed by atoms with Crippen LogP contribution in [0.15, 0.2) is 53.6 Å². The molecule has 2 aromatic rings. The van der Waals surface area contributed by atoms with Gasteiger partial charge in [-0.2, -0.15) is 0 Å². The molecule has 31 heavy (non-hydrogen) atoms. The molecule has 0 radical (unpaired) electrons. The van der Waals surface area contributed by atoms with E-state index in [1.807, 2.05) is 48.5 Å². The lowest BCUT2D eigenvalue weighted by Crippen LogP contribution is -2.46. The Kier molecular flexibility index (Phi) is 7.08. The van der Waals surface area contributed by atoms with E-state index in [9.17, 15) is 14.4 Å². The van der Waals surface area contributed by atoms with E-state index in [-0.39, 0.29) is 25.5 Å². The highest BCUT2D eigenvalue weighted by Crippen LogP contribution is 2.44. The van der Waals surface area contributed by atoms with E-state index < -0.39 is 30.6 Å². The van der Waals surface area contributed by atoms with Crippen LogP contribution in [-0.4, -0.2) is 48.8 Å². The van der Waals surface area contributed by atoms with Crippen molar-refractivity contribution >= 4 is 18.0 Å². The fourth-order valence-corrected chi connectivity index (χ4v) is 3.54. The van der Waals surface area contributed by atoms with Crippen LogP contribution in [0.4, 0.5) is 4.79 Å². The first kappa shape index (κ1) is 21.7. The van der Waals surface area contributed by atoms with E-state index in [0.29, 0.717) is 0 Å². The molecule has 160 valence electrons. The molecule has 0 aliphatic heterocycles. The largest absolute Gasteiger partial charge is 0.480 e. The molecule has 0 fully saturated rings. The number of fused-ring (bicyclic) bond motifs is 3. The molecule has 0 heterocycles. The van der Waals surface area contributed by atoms with Crippen molar-refractivity contribution in [3.63, 3.8) is 0 Å². The number of nitrogens with one attached hydrogen (secondary N) is 2. The zero-order valence-corrected chi connectivity index (χ0v) is 16.5. The van der Waals surface area contributed by atoms with Crippen LogP contribution in [-0.2, 0) is 14.3 Å². The number of hydrogen-bond acceptors (Lipinski definition) is 5. The third-order valence-corrected chi connectivity index (χ3v) is 4.95. The van der Waals surface area contributed by atoms with Gasteiger partial charge in [-0.05, 0) is 34.2 Å². The molecule has 10 nitrogen and oxygen atoms in total. The average molecular weight is 423 g/mol. The summed E-state index contributed by atoms with van der Waals surface area (Å²) < 4.78 is 5.32. The van der Waals surface area contributed by atoms with Gasteiger partial charge in [0, 0.05) is 17.4 Å². The Bertz CT molecular complexity index is 989. The van der Waals surface area contributed by atoms with Crippen molar-refractivity contribution in [1.82, 2.24) is 10.6 Å². The summed E-state index contributed by atoms with van der Waals surface area (Å²) in [5.41, 5.74) is 12.6. The minimum atomic E-state index is -1.26. The van der Waals surface area contributed by atoms with Gasteiger partial charge in [0.1, 0.15) is 19.2 Å². The van der Waals surface area contributed by atoms with Crippen molar-refractivity contribution in [3.05, 3.63) is 70.1 Å². The first-order chi connectivity index (χ1) is 15.0. The van der Waals surface area contributed by atoms with Gasteiger partial charge in [-0.15, -0.1) is 0 Å². The fraction of sp³-hybridized carbons (Fsp3) is 0.286. The van der Waals surface area contributed by atoms with Crippen LogP contribution in [0, 0.1) is 0 Å². The quantitative estimate of drug-likeness (QED) is 0.321. The molecular formula is C21H21N5O5. The van der Waals surface area contributed by atoms with Crippen LogP contribution >= 0.6 is 0 Å². The Morgan fingerprint density at radius 2 is 1.71 bits per heavy atom. The van der Waals surface area contributed by atoms with Crippen molar-refractivity contribution in [2.75, 3.05) is 19.7 Å². The highest BCUT2D eigenvalue weighted by Gasteiger charge is 2.29. The van der Waals surface area contributed by atoms with Crippen LogP contribution in [0.25, 0.3) is 21.6 Å². The Morgan fingerprint density at radius 3 is 2.29 bits per heavy atom. The number of nitrogens with zero attached hydrogens (tertiary/aromatic N) is 3. The van der Waals surface area contributed by atoms with Crippen LogP contribution < -0.4 is 10.6 Å². The van der Waals surface area contributed by atoms with E-state index in [4.69, 9.17) is 15.4 Å². The molecule has 1 aliphatic rings.